The smallest absolute Gasteiger partial charge is 0.338 e. The third-order valence-corrected chi connectivity index (χ3v) is 4.03. The van der Waals surface area contributed by atoms with Gasteiger partial charge in [-0.3, -0.25) is 4.90 Å². The van der Waals surface area contributed by atoms with Crippen LogP contribution in [0.5, 0.6) is 0 Å². The number of fused-ring (bicyclic) bond motifs is 1. The summed E-state index contributed by atoms with van der Waals surface area (Å²) in [4.78, 5) is 14.4. The van der Waals surface area contributed by atoms with Crippen molar-refractivity contribution < 1.29 is 14.6 Å². The lowest BCUT2D eigenvalue weighted by Gasteiger charge is -2.26. The topological polar surface area (TPSA) is 75.8 Å². The zero-order valence-electron chi connectivity index (χ0n) is 9.73. The molecule has 0 saturated heterocycles. The summed E-state index contributed by atoms with van der Waals surface area (Å²) in [6.45, 7) is 3.21. The number of hydrogen-bond acceptors (Lipinski definition) is 5. The molecule has 0 amide bonds. The Morgan fingerprint density at radius 1 is 1.65 bits per heavy atom. The van der Waals surface area contributed by atoms with E-state index in [1.165, 1.54) is 11.3 Å². The van der Waals surface area contributed by atoms with Gasteiger partial charge in [0.2, 0.25) is 0 Å². The van der Waals surface area contributed by atoms with Crippen LogP contribution in [0, 0.1) is 0 Å². The highest BCUT2D eigenvalue weighted by atomic mass is 32.1. The molecule has 0 atom stereocenters. The Kier molecular flexibility index (Phi) is 3.66. The number of nitrogens with two attached hydrogens (primary N) is 1. The first kappa shape index (κ1) is 12.3. The van der Waals surface area contributed by atoms with Crippen molar-refractivity contribution in [2.45, 2.75) is 13.0 Å². The van der Waals surface area contributed by atoms with Gasteiger partial charge in [-0.1, -0.05) is 0 Å². The minimum atomic E-state index is -0.912. The number of ether oxygens (including phenoxy) is 1. The SMILES string of the molecule is COCCN1CCc2c(sc(N)c2C(=O)O)C1. The van der Waals surface area contributed by atoms with Crippen molar-refractivity contribution in [3.63, 3.8) is 0 Å². The Labute approximate surface area is 104 Å². The van der Waals surface area contributed by atoms with Crippen LogP contribution in [0.2, 0.25) is 0 Å². The standard InChI is InChI=1S/C11H16N2O3S/c1-16-5-4-13-3-2-7-8(6-13)17-10(12)9(7)11(14)15/h2-6,12H2,1H3,(H,14,15). The molecule has 0 aliphatic carbocycles. The maximum atomic E-state index is 11.1. The molecule has 1 aliphatic rings. The highest BCUT2D eigenvalue weighted by Crippen LogP contribution is 2.34. The minimum Gasteiger partial charge on any atom is -0.478 e. The van der Waals surface area contributed by atoms with Crippen molar-refractivity contribution in [3.8, 4) is 0 Å². The quantitative estimate of drug-likeness (QED) is 0.841. The molecule has 6 heteroatoms. The van der Waals surface area contributed by atoms with Crippen LogP contribution in [0.15, 0.2) is 0 Å². The van der Waals surface area contributed by atoms with Crippen molar-refractivity contribution in [2.75, 3.05) is 32.5 Å². The van der Waals surface area contributed by atoms with Gasteiger partial charge in [0.05, 0.1) is 12.2 Å². The van der Waals surface area contributed by atoms with E-state index < -0.39 is 5.97 Å². The van der Waals surface area contributed by atoms with E-state index in [4.69, 9.17) is 15.6 Å². The minimum absolute atomic E-state index is 0.316. The number of nitrogens with zero attached hydrogens (tertiary/aromatic N) is 1. The average Bonchev–Trinajstić information content (AvgIpc) is 2.61. The van der Waals surface area contributed by atoms with Crippen LogP contribution < -0.4 is 5.73 Å². The molecule has 17 heavy (non-hydrogen) atoms. The van der Waals surface area contributed by atoms with Crippen LogP contribution in [0.1, 0.15) is 20.8 Å². The van der Waals surface area contributed by atoms with E-state index in [0.717, 1.165) is 36.5 Å². The van der Waals surface area contributed by atoms with Gasteiger partial charge in [-0.25, -0.2) is 4.79 Å². The van der Waals surface area contributed by atoms with Crippen molar-refractivity contribution in [2.24, 2.45) is 0 Å². The molecule has 0 radical (unpaired) electrons. The summed E-state index contributed by atoms with van der Waals surface area (Å²) in [6, 6.07) is 0. The van der Waals surface area contributed by atoms with Crippen LogP contribution in [0.4, 0.5) is 5.00 Å². The second-order valence-electron chi connectivity index (χ2n) is 4.07. The summed E-state index contributed by atoms with van der Waals surface area (Å²) in [5.41, 5.74) is 7.00. The van der Waals surface area contributed by atoms with E-state index >= 15 is 0 Å². The van der Waals surface area contributed by atoms with Gasteiger partial charge in [0, 0.05) is 31.6 Å². The molecule has 0 unspecified atom stereocenters. The molecule has 2 heterocycles. The van der Waals surface area contributed by atoms with E-state index in [9.17, 15) is 4.79 Å². The van der Waals surface area contributed by atoms with Gasteiger partial charge in [0.1, 0.15) is 5.00 Å². The van der Waals surface area contributed by atoms with Gasteiger partial charge in [0.25, 0.3) is 0 Å². The number of anilines is 1. The van der Waals surface area contributed by atoms with Gasteiger partial charge in [-0.2, -0.15) is 0 Å². The van der Waals surface area contributed by atoms with Crippen molar-refractivity contribution in [1.29, 1.82) is 0 Å². The van der Waals surface area contributed by atoms with Crippen LogP contribution in [0.25, 0.3) is 0 Å². The fourth-order valence-corrected chi connectivity index (χ4v) is 3.28. The lowest BCUT2D eigenvalue weighted by atomic mass is 10.0. The molecule has 2 rings (SSSR count). The molecule has 0 fully saturated rings. The molecule has 0 saturated carbocycles. The molecule has 0 bridgehead atoms. The number of hydrogen-bond donors (Lipinski definition) is 2. The highest BCUT2D eigenvalue weighted by molar-refractivity contribution is 7.16. The summed E-state index contributed by atoms with van der Waals surface area (Å²) in [6.07, 6.45) is 0.758. The Bertz CT molecular complexity index is 431. The maximum Gasteiger partial charge on any atom is 0.338 e. The summed E-state index contributed by atoms with van der Waals surface area (Å²) in [7, 11) is 1.68. The van der Waals surface area contributed by atoms with E-state index in [-0.39, 0.29) is 0 Å². The molecule has 94 valence electrons. The molecular formula is C11H16N2O3S. The third-order valence-electron chi connectivity index (χ3n) is 2.99. The van der Waals surface area contributed by atoms with Crippen LogP contribution in [0.3, 0.4) is 0 Å². The predicted octanol–water partition coefficient (Wildman–Crippen LogP) is 1.03. The van der Waals surface area contributed by atoms with E-state index in [1.807, 2.05) is 0 Å². The normalized spacial score (nSPS) is 15.8. The first-order valence-electron chi connectivity index (χ1n) is 5.48. The van der Waals surface area contributed by atoms with Gasteiger partial charge < -0.3 is 15.6 Å². The summed E-state index contributed by atoms with van der Waals surface area (Å²) in [5.74, 6) is -0.912. The fourth-order valence-electron chi connectivity index (χ4n) is 2.12. The third kappa shape index (κ3) is 2.43. The number of carbonyl (C=O) groups is 1. The number of rotatable bonds is 4. The molecule has 5 nitrogen and oxygen atoms in total. The van der Waals surface area contributed by atoms with E-state index in [2.05, 4.69) is 4.90 Å². The lowest BCUT2D eigenvalue weighted by molar-refractivity contribution is 0.0696. The number of carboxylic acids is 1. The molecular weight excluding hydrogens is 240 g/mol. The van der Waals surface area contributed by atoms with Crippen molar-refractivity contribution in [3.05, 3.63) is 16.0 Å². The molecule has 0 aromatic carbocycles. The molecule has 0 spiro atoms. The first-order valence-corrected chi connectivity index (χ1v) is 6.29. The summed E-state index contributed by atoms with van der Waals surface area (Å²) in [5, 5.41) is 9.54. The van der Waals surface area contributed by atoms with Crippen LogP contribution >= 0.6 is 11.3 Å². The van der Waals surface area contributed by atoms with Crippen LogP contribution in [-0.4, -0.2) is 42.8 Å². The number of methoxy groups -OCH3 is 1. The summed E-state index contributed by atoms with van der Waals surface area (Å²) < 4.78 is 5.04. The van der Waals surface area contributed by atoms with Crippen LogP contribution in [-0.2, 0) is 17.7 Å². The maximum absolute atomic E-state index is 11.1. The van der Waals surface area contributed by atoms with Gasteiger partial charge in [0.15, 0.2) is 0 Å². The Hall–Kier alpha value is -1.11. The second kappa shape index (κ2) is 5.03. The Morgan fingerprint density at radius 2 is 2.41 bits per heavy atom. The Balaban J connectivity index is 2.17. The van der Waals surface area contributed by atoms with Crippen molar-refractivity contribution >= 4 is 22.3 Å². The fraction of sp³-hybridized carbons (Fsp3) is 0.545. The molecule has 3 N–H and O–H groups in total. The number of carboxylic acid groups (broad SMARTS) is 1. The Morgan fingerprint density at radius 3 is 3.06 bits per heavy atom. The molecule has 1 aromatic rings. The van der Waals surface area contributed by atoms with E-state index in [0.29, 0.717) is 17.2 Å². The average molecular weight is 256 g/mol. The molecule has 1 aromatic heterocycles. The predicted molar refractivity (Wildman–Crippen MR) is 66.5 cm³/mol. The van der Waals surface area contributed by atoms with Gasteiger partial charge in [-0.05, 0) is 12.0 Å². The lowest BCUT2D eigenvalue weighted by Crippen LogP contribution is -2.32. The van der Waals surface area contributed by atoms with Crippen molar-refractivity contribution in [1.82, 2.24) is 4.90 Å². The number of aromatic carboxylic acids is 1. The zero-order chi connectivity index (χ0) is 12.4. The number of thiophene rings is 1. The van der Waals surface area contributed by atoms with Gasteiger partial charge in [-0.15, -0.1) is 11.3 Å². The van der Waals surface area contributed by atoms with Gasteiger partial charge >= 0.3 is 5.97 Å². The first-order chi connectivity index (χ1) is 8.13. The monoisotopic (exact) mass is 256 g/mol. The highest BCUT2D eigenvalue weighted by Gasteiger charge is 2.26. The second-order valence-corrected chi connectivity index (χ2v) is 5.20. The molecule has 1 aliphatic heterocycles. The largest absolute Gasteiger partial charge is 0.478 e. The van der Waals surface area contributed by atoms with E-state index in [1.54, 1.807) is 7.11 Å². The summed E-state index contributed by atoms with van der Waals surface area (Å²) >= 11 is 1.40. The number of nitrogen functional groups attached to an aromatic ring is 1. The zero-order valence-corrected chi connectivity index (χ0v) is 10.5.